The molecule has 0 aliphatic heterocycles. The summed E-state index contributed by atoms with van der Waals surface area (Å²) in [5.41, 5.74) is -0.235. The third kappa shape index (κ3) is 2.14. The van der Waals surface area contributed by atoms with Crippen molar-refractivity contribution < 1.29 is 13.9 Å². The molecule has 1 aromatic heterocycles. The van der Waals surface area contributed by atoms with Crippen LogP contribution in [0, 0.1) is 6.92 Å². The average molecular weight is 217 g/mol. The molecule has 0 unspecified atom stereocenters. The molecule has 0 aliphatic carbocycles. The Balaban J connectivity index is 3.13. The summed E-state index contributed by atoms with van der Waals surface area (Å²) in [6.45, 7) is 3.50. The zero-order valence-electron chi connectivity index (χ0n) is 7.80. The van der Waals surface area contributed by atoms with Gasteiger partial charge in [-0.3, -0.25) is 0 Å². The van der Waals surface area contributed by atoms with E-state index in [1.165, 1.54) is 6.07 Å². The van der Waals surface area contributed by atoms with E-state index in [2.05, 4.69) is 9.15 Å². The average Bonchev–Trinajstić information content (AvgIpc) is 2.13. The largest absolute Gasteiger partial charge is 0.460 e. The summed E-state index contributed by atoms with van der Waals surface area (Å²) in [6, 6.07) is 1.38. The zero-order chi connectivity index (χ0) is 10.7. The van der Waals surface area contributed by atoms with Gasteiger partial charge in [-0.15, -0.1) is 0 Å². The van der Waals surface area contributed by atoms with E-state index in [-0.39, 0.29) is 17.4 Å². The van der Waals surface area contributed by atoms with Crippen LogP contribution < -0.4 is 5.63 Å². The molecule has 0 aliphatic rings. The molecule has 1 aromatic rings. The van der Waals surface area contributed by atoms with E-state index in [0.717, 1.165) is 0 Å². The van der Waals surface area contributed by atoms with Crippen molar-refractivity contribution in [2.75, 3.05) is 6.61 Å². The Labute approximate surface area is 85.4 Å². The highest BCUT2D eigenvalue weighted by Crippen LogP contribution is 2.11. The summed E-state index contributed by atoms with van der Waals surface area (Å²) >= 11 is 5.57. The van der Waals surface area contributed by atoms with Gasteiger partial charge in [-0.05, 0) is 25.5 Å². The van der Waals surface area contributed by atoms with Gasteiger partial charge in [0.2, 0.25) is 5.76 Å². The Morgan fingerprint density at radius 3 is 2.79 bits per heavy atom. The van der Waals surface area contributed by atoms with Crippen molar-refractivity contribution in [1.82, 2.24) is 0 Å². The van der Waals surface area contributed by atoms with Gasteiger partial charge in [-0.1, -0.05) is 11.6 Å². The van der Waals surface area contributed by atoms with Crippen LogP contribution in [-0.4, -0.2) is 12.6 Å². The van der Waals surface area contributed by atoms with Crippen molar-refractivity contribution in [1.29, 1.82) is 0 Å². The molecule has 4 nitrogen and oxygen atoms in total. The molecule has 0 amide bonds. The van der Waals surface area contributed by atoms with Gasteiger partial charge in [-0.2, -0.15) is 0 Å². The van der Waals surface area contributed by atoms with Crippen LogP contribution in [0.15, 0.2) is 15.3 Å². The van der Waals surface area contributed by atoms with Gasteiger partial charge in [0, 0.05) is 0 Å². The minimum atomic E-state index is -0.727. The minimum Gasteiger partial charge on any atom is -0.460 e. The quantitative estimate of drug-likeness (QED) is 0.707. The molecule has 0 spiro atoms. The lowest BCUT2D eigenvalue weighted by Gasteiger charge is -2.01. The normalized spacial score (nSPS) is 9.93. The summed E-state index contributed by atoms with van der Waals surface area (Å²) in [7, 11) is 0. The highest BCUT2D eigenvalue weighted by Gasteiger charge is 2.13. The fourth-order valence-electron chi connectivity index (χ4n) is 0.898. The number of ether oxygens (including phenoxy) is 1. The summed E-state index contributed by atoms with van der Waals surface area (Å²) in [5.74, 6) is -0.789. The number of carbonyl (C=O) groups is 1. The molecule has 14 heavy (non-hydrogen) atoms. The molecule has 0 fully saturated rings. The van der Waals surface area contributed by atoms with E-state index >= 15 is 0 Å². The molecule has 0 saturated carbocycles. The number of halogens is 1. The number of aryl methyl sites for hydroxylation is 1. The number of rotatable bonds is 2. The van der Waals surface area contributed by atoms with Crippen molar-refractivity contribution in [3.63, 3.8) is 0 Å². The van der Waals surface area contributed by atoms with Gasteiger partial charge in [0.15, 0.2) is 0 Å². The molecule has 0 radical (unpaired) electrons. The molecular formula is C9H9ClO4. The second-order valence-electron chi connectivity index (χ2n) is 2.62. The number of carbonyl (C=O) groups excluding carboxylic acids is 1. The first kappa shape index (κ1) is 10.8. The van der Waals surface area contributed by atoms with Gasteiger partial charge in [-0.25, -0.2) is 9.59 Å². The molecule has 1 heterocycles. The van der Waals surface area contributed by atoms with E-state index in [9.17, 15) is 9.59 Å². The van der Waals surface area contributed by atoms with Gasteiger partial charge in [0.1, 0.15) is 5.02 Å². The molecule has 0 atom stereocenters. The highest BCUT2D eigenvalue weighted by atomic mass is 35.5. The van der Waals surface area contributed by atoms with Crippen LogP contribution in [0.3, 0.4) is 0 Å². The van der Waals surface area contributed by atoms with E-state index in [4.69, 9.17) is 11.6 Å². The van der Waals surface area contributed by atoms with Gasteiger partial charge >= 0.3 is 11.6 Å². The predicted octanol–water partition coefficient (Wildman–Crippen LogP) is 1.78. The number of hydrogen-bond acceptors (Lipinski definition) is 4. The molecule has 0 aromatic carbocycles. The van der Waals surface area contributed by atoms with Crippen LogP contribution in [0.2, 0.25) is 5.02 Å². The molecule has 76 valence electrons. The van der Waals surface area contributed by atoms with Crippen molar-refractivity contribution in [2.24, 2.45) is 0 Å². The van der Waals surface area contributed by atoms with Crippen LogP contribution >= 0.6 is 11.6 Å². The number of hydrogen-bond donors (Lipinski definition) is 0. The van der Waals surface area contributed by atoms with Crippen LogP contribution in [0.1, 0.15) is 23.0 Å². The lowest BCUT2D eigenvalue weighted by molar-refractivity contribution is 0.0484. The van der Waals surface area contributed by atoms with E-state index in [0.29, 0.717) is 5.56 Å². The Bertz CT molecular complexity index is 408. The lowest BCUT2D eigenvalue weighted by atomic mass is 10.3. The SMILES string of the molecule is CCOC(=O)c1cc(C)c(Cl)c(=O)o1. The molecule has 0 N–H and O–H groups in total. The van der Waals surface area contributed by atoms with Crippen molar-refractivity contribution in [3.05, 3.63) is 32.8 Å². The van der Waals surface area contributed by atoms with E-state index in [1.54, 1.807) is 13.8 Å². The fourth-order valence-corrected chi connectivity index (χ4v) is 0.991. The molecular weight excluding hydrogens is 208 g/mol. The maximum Gasteiger partial charge on any atom is 0.374 e. The predicted molar refractivity (Wildman–Crippen MR) is 50.7 cm³/mol. The Kier molecular flexibility index (Phi) is 3.30. The lowest BCUT2D eigenvalue weighted by Crippen LogP contribution is -2.11. The monoisotopic (exact) mass is 216 g/mol. The van der Waals surface area contributed by atoms with Gasteiger partial charge in [0.05, 0.1) is 6.61 Å². The van der Waals surface area contributed by atoms with Crippen molar-refractivity contribution in [2.45, 2.75) is 13.8 Å². The van der Waals surface area contributed by atoms with Gasteiger partial charge < -0.3 is 9.15 Å². The van der Waals surface area contributed by atoms with Crippen LogP contribution in [0.5, 0.6) is 0 Å². The van der Waals surface area contributed by atoms with Crippen LogP contribution in [0.4, 0.5) is 0 Å². The van der Waals surface area contributed by atoms with Crippen molar-refractivity contribution in [3.8, 4) is 0 Å². The smallest absolute Gasteiger partial charge is 0.374 e. The minimum absolute atomic E-state index is 0.0157. The maximum absolute atomic E-state index is 11.2. The van der Waals surface area contributed by atoms with Gasteiger partial charge in [0.25, 0.3) is 0 Å². The topological polar surface area (TPSA) is 56.5 Å². The Hall–Kier alpha value is -1.29. The third-order valence-electron chi connectivity index (χ3n) is 1.55. The van der Waals surface area contributed by atoms with Crippen molar-refractivity contribution >= 4 is 17.6 Å². The molecule has 1 rings (SSSR count). The summed E-state index contributed by atoms with van der Waals surface area (Å²) in [5, 5.41) is -0.0157. The standard InChI is InChI=1S/C9H9ClO4/c1-3-13-8(11)6-4-5(2)7(10)9(12)14-6/h4H,3H2,1-2H3. The molecule has 0 saturated heterocycles. The fraction of sp³-hybridized carbons (Fsp3) is 0.333. The maximum atomic E-state index is 11.2. The highest BCUT2D eigenvalue weighted by molar-refractivity contribution is 6.31. The first-order chi connectivity index (χ1) is 6.56. The summed E-state index contributed by atoms with van der Waals surface area (Å²) < 4.78 is 9.30. The Morgan fingerprint density at radius 2 is 2.29 bits per heavy atom. The summed E-state index contributed by atoms with van der Waals surface area (Å²) in [6.07, 6.45) is 0. The first-order valence-corrected chi connectivity index (χ1v) is 4.41. The second kappa shape index (κ2) is 4.28. The third-order valence-corrected chi connectivity index (χ3v) is 2.00. The first-order valence-electron chi connectivity index (χ1n) is 4.03. The second-order valence-corrected chi connectivity index (χ2v) is 2.99. The molecule has 0 bridgehead atoms. The van der Waals surface area contributed by atoms with E-state index < -0.39 is 11.6 Å². The summed E-state index contributed by atoms with van der Waals surface area (Å²) in [4.78, 5) is 22.2. The number of esters is 1. The zero-order valence-corrected chi connectivity index (χ0v) is 8.55. The Morgan fingerprint density at radius 1 is 1.64 bits per heavy atom. The molecule has 5 heteroatoms. The van der Waals surface area contributed by atoms with Crippen LogP contribution in [-0.2, 0) is 4.74 Å². The van der Waals surface area contributed by atoms with Crippen LogP contribution in [0.25, 0.3) is 0 Å². The van der Waals surface area contributed by atoms with E-state index in [1.807, 2.05) is 0 Å².